The summed E-state index contributed by atoms with van der Waals surface area (Å²) in [5.74, 6) is 1.54. The Morgan fingerprint density at radius 3 is 2.61 bits per heavy atom. The maximum absolute atomic E-state index is 6.55. The molecular weight excluding hydrogens is 226 g/mol. The third kappa shape index (κ3) is 1.70. The van der Waals surface area contributed by atoms with Crippen LogP contribution in [0.4, 0.5) is 0 Å². The van der Waals surface area contributed by atoms with Gasteiger partial charge >= 0.3 is 0 Å². The summed E-state index contributed by atoms with van der Waals surface area (Å²) in [4.78, 5) is 4.42. The largest absolute Gasteiger partial charge is 0.319 e. The average molecular weight is 245 g/mol. The highest BCUT2D eigenvalue weighted by molar-refractivity contribution is 5.34. The number of hydrogen-bond donors (Lipinski definition) is 1. The summed E-state index contributed by atoms with van der Waals surface area (Å²) in [5.41, 5.74) is 8.28. The Labute approximate surface area is 106 Å². The second-order valence-electron chi connectivity index (χ2n) is 5.41. The fourth-order valence-corrected chi connectivity index (χ4v) is 2.96. The maximum atomic E-state index is 6.55. The Morgan fingerprint density at radius 1 is 1.17 bits per heavy atom. The third-order valence-corrected chi connectivity index (χ3v) is 3.88. The van der Waals surface area contributed by atoms with Gasteiger partial charge in [0, 0.05) is 11.4 Å². The molecule has 5 nitrogen and oxygen atoms in total. The van der Waals surface area contributed by atoms with E-state index in [4.69, 9.17) is 5.73 Å². The molecule has 1 aliphatic rings. The molecule has 0 amide bonds. The molecule has 2 aromatic heterocycles. The quantitative estimate of drug-likeness (QED) is 0.832. The second kappa shape index (κ2) is 4.02. The molecule has 0 bridgehead atoms. The summed E-state index contributed by atoms with van der Waals surface area (Å²) in [5, 5.41) is 8.50. The third-order valence-electron chi connectivity index (χ3n) is 3.88. The first-order valence-electron chi connectivity index (χ1n) is 6.59. The normalized spacial score (nSPS) is 19.3. The molecule has 0 radical (unpaired) electrons. The summed E-state index contributed by atoms with van der Waals surface area (Å²) in [7, 11) is 0. The van der Waals surface area contributed by atoms with Gasteiger partial charge in [-0.1, -0.05) is 19.3 Å². The smallest absolute Gasteiger partial charge is 0.255 e. The molecule has 0 aromatic carbocycles. The van der Waals surface area contributed by atoms with Crippen LogP contribution in [0.25, 0.3) is 5.78 Å². The zero-order chi connectivity index (χ0) is 12.8. The lowest BCUT2D eigenvalue weighted by atomic mass is 9.82. The van der Waals surface area contributed by atoms with Crippen LogP contribution in [0.2, 0.25) is 0 Å². The summed E-state index contributed by atoms with van der Waals surface area (Å²) < 4.78 is 2.01. The standard InChI is InChI=1S/C13H19N5/c1-9-8-10(2)18-11(16-17-12(18)15-9)13(14)6-4-3-5-7-13/h8H,3-7,14H2,1-2H3. The van der Waals surface area contributed by atoms with Crippen LogP contribution in [0.1, 0.15) is 49.3 Å². The van der Waals surface area contributed by atoms with Crippen molar-refractivity contribution in [2.75, 3.05) is 0 Å². The van der Waals surface area contributed by atoms with Crippen LogP contribution in [-0.2, 0) is 5.54 Å². The Hall–Kier alpha value is -1.49. The molecule has 0 atom stereocenters. The maximum Gasteiger partial charge on any atom is 0.255 e. The zero-order valence-electron chi connectivity index (χ0n) is 11.0. The monoisotopic (exact) mass is 245 g/mol. The predicted molar refractivity (Wildman–Crippen MR) is 69.2 cm³/mol. The molecule has 3 rings (SSSR count). The minimum Gasteiger partial charge on any atom is -0.319 e. The SMILES string of the molecule is Cc1cc(C)n2c(C3(N)CCCCC3)nnc2n1. The van der Waals surface area contributed by atoms with E-state index < -0.39 is 0 Å². The van der Waals surface area contributed by atoms with Crippen molar-refractivity contribution in [2.45, 2.75) is 51.5 Å². The molecule has 1 aliphatic carbocycles. The van der Waals surface area contributed by atoms with Crippen molar-refractivity contribution < 1.29 is 0 Å². The first-order valence-corrected chi connectivity index (χ1v) is 6.59. The van der Waals surface area contributed by atoms with Crippen molar-refractivity contribution in [2.24, 2.45) is 5.73 Å². The van der Waals surface area contributed by atoms with E-state index in [9.17, 15) is 0 Å². The number of hydrogen-bond acceptors (Lipinski definition) is 4. The summed E-state index contributed by atoms with van der Waals surface area (Å²) in [6.45, 7) is 4.03. The van der Waals surface area contributed by atoms with Crippen molar-refractivity contribution in [3.8, 4) is 0 Å². The number of aromatic nitrogens is 4. The van der Waals surface area contributed by atoms with Gasteiger partial charge < -0.3 is 5.73 Å². The second-order valence-corrected chi connectivity index (χ2v) is 5.41. The Balaban J connectivity index is 2.17. The number of rotatable bonds is 1. The van der Waals surface area contributed by atoms with Crippen molar-refractivity contribution in [1.82, 2.24) is 19.6 Å². The Morgan fingerprint density at radius 2 is 1.89 bits per heavy atom. The molecule has 1 saturated carbocycles. The van der Waals surface area contributed by atoms with Crippen LogP contribution in [-0.4, -0.2) is 19.6 Å². The van der Waals surface area contributed by atoms with E-state index in [0.29, 0.717) is 5.78 Å². The van der Waals surface area contributed by atoms with Gasteiger partial charge in [-0.2, -0.15) is 0 Å². The molecule has 1 fully saturated rings. The van der Waals surface area contributed by atoms with Gasteiger partial charge in [0.15, 0.2) is 5.82 Å². The van der Waals surface area contributed by atoms with Crippen LogP contribution in [0.3, 0.4) is 0 Å². The van der Waals surface area contributed by atoms with Crippen molar-refractivity contribution in [3.05, 3.63) is 23.3 Å². The molecule has 0 saturated heterocycles. The van der Waals surface area contributed by atoms with E-state index in [0.717, 1.165) is 30.1 Å². The van der Waals surface area contributed by atoms with Gasteiger partial charge in [0.2, 0.25) is 0 Å². The Bertz CT molecular complexity index is 580. The summed E-state index contributed by atoms with van der Waals surface area (Å²) >= 11 is 0. The summed E-state index contributed by atoms with van der Waals surface area (Å²) in [6, 6.07) is 2.05. The fraction of sp³-hybridized carbons (Fsp3) is 0.615. The van der Waals surface area contributed by atoms with Gasteiger partial charge in [0.1, 0.15) is 0 Å². The van der Waals surface area contributed by atoms with Crippen LogP contribution in [0.15, 0.2) is 6.07 Å². The van der Waals surface area contributed by atoms with Crippen LogP contribution >= 0.6 is 0 Å². The topological polar surface area (TPSA) is 69.1 Å². The molecule has 2 N–H and O–H groups in total. The van der Waals surface area contributed by atoms with Crippen molar-refractivity contribution in [3.63, 3.8) is 0 Å². The van der Waals surface area contributed by atoms with Gasteiger partial charge in [0.25, 0.3) is 5.78 Å². The molecule has 5 heteroatoms. The van der Waals surface area contributed by atoms with Crippen LogP contribution < -0.4 is 5.73 Å². The van der Waals surface area contributed by atoms with E-state index in [1.807, 2.05) is 17.4 Å². The van der Waals surface area contributed by atoms with Gasteiger partial charge in [-0.25, -0.2) is 4.98 Å². The van der Waals surface area contributed by atoms with Gasteiger partial charge in [0.05, 0.1) is 5.54 Å². The molecule has 96 valence electrons. The first-order chi connectivity index (χ1) is 8.60. The number of aryl methyl sites for hydroxylation is 2. The van der Waals surface area contributed by atoms with E-state index >= 15 is 0 Å². The number of fused-ring (bicyclic) bond motifs is 1. The van der Waals surface area contributed by atoms with Gasteiger partial charge in [-0.15, -0.1) is 10.2 Å². The molecule has 2 aromatic rings. The number of nitrogens with zero attached hydrogens (tertiary/aromatic N) is 4. The molecule has 0 unspecified atom stereocenters. The minimum atomic E-state index is -0.334. The lowest BCUT2D eigenvalue weighted by Gasteiger charge is -2.31. The first kappa shape index (κ1) is 11.6. The van der Waals surface area contributed by atoms with E-state index in [1.165, 1.54) is 19.3 Å². The highest BCUT2D eigenvalue weighted by Crippen LogP contribution is 2.34. The zero-order valence-corrected chi connectivity index (χ0v) is 11.0. The Kier molecular flexibility index (Phi) is 2.59. The van der Waals surface area contributed by atoms with E-state index in [-0.39, 0.29) is 5.54 Å². The van der Waals surface area contributed by atoms with E-state index in [1.54, 1.807) is 0 Å². The summed E-state index contributed by atoms with van der Waals surface area (Å²) in [6.07, 6.45) is 5.59. The van der Waals surface area contributed by atoms with Crippen molar-refractivity contribution >= 4 is 5.78 Å². The lowest BCUT2D eigenvalue weighted by molar-refractivity contribution is 0.284. The van der Waals surface area contributed by atoms with Crippen molar-refractivity contribution in [1.29, 1.82) is 0 Å². The van der Waals surface area contributed by atoms with Gasteiger partial charge in [-0.3, -0.25) is 4.40 Å². The highest BCUT2D eigenvalue weighted by Gasteiger charge is 2.34. The minimum absolute atomic E-state index is 0.334. The fourth-order valence-electron chi connectivity index (χ4n) is 2.96. The number of nitrogens with two attached hydrogens (primary N) is 1. The van der Waals surface area contributed by atoms with Gasteiger partial charge in [-0.05, 0) is 32.8 Å². The lowest BCUT2D eigenvalue weighted by Crippen LogP contribution is -2.40. The van der Waals surface area contributed by atoms with Crippen LogP contribution in [0, 0.1) is 13.8 Å². The molecule has 2 heterocycles. The molecule has 0 aliphatic heterocycles. The van der Waals surface area contributed by atoms with Crippen LogP contribution in [0.5, 0.6) is 0 Å². The average Bonchev–Trinajstić information content (AvgIpc) is 2.74. The van der Waals surface area contributed by atoms with E-state index in [2.05, 4.69) is 22.1 Å². The molecular formula is C13H19N5. The predicted octanol–water partition coefficient (Wildman–Crippen LogP) is 1.86. The molecule has 18 heavy (non-hydrogen) atoms. The molecule has 0 spiro atoms. The highest BCUT2D eigenvalue weighted by atomic mass is 15.3.